The Morgan fingerprint density at radius 2 is 1.90 bits per heavy atom. The van der Waals surface area contributed by atoms with Gasteiger partial charge in [-0.05, 0) is 36.8 Å². The first kappa shape index (κ1) is 20.6. The molecule has 30 heavy (non-hydrogen) atoms. The zero-order chi connectivity index (χ0) is 20.9. The van der Waals surface area contributed by atoms with Gasteiger partial charge in [0.05, 0.1) is 11.4 Å². The Balaban J connectivity index is 1.55. The molecule has 4 aromatic rings. The van der Waals surface area contributed by atoms with E-state index >= 15 is 0 Å². The predicted octanol–water partition coefficient (Wildman–Crippen LogP) is 5.01. The van der Waals surface area contributed by atoms with Gasteiger partial charge in [-0.25, -0.2) is 4.98 Å². The molecule has 0 aliphatic carbocycles. The lowest BCUT2D eigenvalue weighted by atomic mass is 10.1. The summed E-state index contributed by atoms with van der Waals surface area (Å²) < 4.78 is 1.97. The second kappa shape index (κ2) is 9.42. The number of aromatic nitrogens is 4. The molecule has 0 radical (unpaired) electrons. The quantitative estimate of drug-likeness (QED) is 0.396. The van der Waals surface area contributed by atoms with Crippen molar-refractivity contribution in [3.63, 3.8) is 0 Å². The van der Waals surface area contributed by atoms with Crippen molar-refractivity contribution < 1.29 is 4.79 Å². The average molecular weight is 456 g/mol. The van der Waals surface area contributed by atoms with Gasteiger partial charge in [0.1, 0.15) is 5.82 Å². The van der Waals surface area contributed by atoms with E-state index in [0.717, 1.165) is 22.8 Å². The number of hydrogen-bond donors (Lipinski definition) is 1. The van der Waals surface area contributed by atoms with Crippen LogP contribution in [-0.4, -0.2) is 31.4 Å². The van der Waals surface area contributed by atoms with E-state index in [1.165, 1.54) is 23.1 Å². The monoisotopic (exact) mass is 455 g/mol. The number of nitrogens with zero attached hydrogens (tertiary/aromatic N) is 4. The summed E-state index contributed by atoms with van der Waals surface area (Å²) >= 11 is 8.80. The Labute approximate surface area is 187 Å². The first-order chi connectivity index (χ1) is 14.6. The molecule has 2 aromatic heterocycles. The molecule has 1 N–H and O–H groups in total. The van der Waals surface area contributed by atoms with Crippen molar-refractivity contribution >= 4 is 45.7 Å². The molecule has 0 unspecified atom stereocenters. The lowest BCUT2D eigenvalue weighted by molar-refractivity contribution is -0.113. The minimum atomic E-state index is -0.135. The van der Waals surface area contributed by atoms with E-state index in [-0.39, 0.29) is 11.7 Å². The molecular formula is C21H18ClN5OS2. The van der Waals surface area contributed by atoms with Crippen molar-refractivity contribution in [2.75, 3.05) is 11.1 Å². The molecule has 9 heteroatoms. The van der Waals surface area contributed by atoms with E-state index in [4.69, 9.17) is 11.6 Å². The van der Waals surface area contributed by atoms with Crippen LogP contribution in [0.5, 0.6) is 0 Å². The molecule has 152 valence electrons. The Bertz CT molecular complexity index is 1140. The Hall–Kier alpha value is -2.68. The van der Waals surface area contributed by atoms with Gasteiger partial charge >= 0.3 is 0 Å². The van der Waals surface area contributed by atoms with E-state index in [0.29, 0.717) is 21.7 Å². The van der Waals surface area contributed by atoms with Crippen LogP contribution in [0.4, 0.5) is 5.13 Å². The third-order valence-corrected chi connectivity index (χ3v) is 6.24. The Morgan fingerprint density at radius 3 is 2.60 bits per heavy atom. The van der Waals surface area contributed by atoms with Gasteiger partial charge in [0.25, 0.3) is 0 Å². The summed E-state index contributed by atoms with van der Waals surface area (Å²) in [5, 5.41) is 15.4. The maximum Gasteiger partial charge on any atom is 0.236 e. The maximum absolute atomic E-state index is 12.3. The third-order valence-electron chi connectivity index (χ3n) is 4.19. The average Bonchev–Trinajstić information content (AvgIpc) is 3.33. The number of amides is 1. The van der Waals surface area contributed by atoms with E-state index in [1.54, 1.807) is 0 Å². The number of hydrogen-bond acceptors (Lipinski definition) is 6. The van der Waals surface area contributed by atoms with Gasteiger partial charge in [-0.2, -0.15) is 0 Å². The minimum absolute atomic E-state index is 0.135. The van der Waals surface area contributed by atoms with E-state index < -0.39 is 0 Å². The molecule has 0 spiro atoms. The molecule has 2 aromatic carbocycles. The van der Waals surface area contributed by atoms with Crippen molar-refractivity contribution in [2.45, 2.75) is 18.5 Å². The van der Waals surface area contributed by atoms with E-state index in [2.05, 4.69) is 32.6 Å². The summed E-state index contributed by atoms with van der Waals surface area (Å²) in [6.07, 6.45) is 0.627. The van der Waals surface area contributed by atoms with Crippen molar-refractivity contribution in [3.05, 3.63) is 82.1 Å². The highest BCUT2D eigenvalue weighted by atomic mass is 35.5. The number of nitrogens with one attached hydrogen (secondary N) is 1. The number of benzene rings is 2. The van der Waals surface area contributed by atoms with Crippen LogP contribution in [0, 0.1) is 6.92 Å². The van der Waals surface area contributed by atoms with Crippen LogP contribution in [0.3, 0.4) is 0 Å². The largest absolute Gasteiger partial charge is 0.301 e. The van der Waals surface area contributed by atoms with Gasteiger partial charge in [-0.3, -0.25) is 9.36 Å². The lowest BCUT2D eigenvalue weighted by Crippen LogP contribution is -2.14. The molecular weight excluding hydrogens is 438 g/mol. The standard InChI is InChI=1S/C21H18ClN5OS2/c1-14-12-29-20(23-14)24-19(28)13-30-21-26-25-18(11-15-5-3-2-4-6-15)27(21)17-9-7-16(22)8-10-17/h2-10,12H,11,13H2,1H3,(H,23,24,28). The number of rotatable bonds is 7. The van der Waals surface area contributed by atoms with Gasteiger partial charge < -0.3 is 5.32 Å². The number of thioether (sulfide) groups is 1. The summed E-state index contributed by atoms with van der Waals surface area (Å²) in [5.74, 6) is 0.863. The number of thiazole rings is 1. The smallest absolute Gasteiger partial charge is 0.236 e. The predicted molar refractivity (Wildman–Crippen MR) is 122 cm³/mol. The fourth-order valence-electron chi connectivity index (χ4n) is 2.83. The molecule has 0 atom stereocenters. The second-order valence-corrected chi connectivity index (χ2v) is 8.74. The Kier molecular flexibility index (Phi) is 6.47. The van der Waals surface area contributed by atoms with Crippen LogP contribution in [0.25, 0.3) is 5.69 Å². The summed E-state index contributed by atoms with van der Waals surface area (Å²) in [5.41, 5.74) is 2.92. The molecule has 0 aliphatic heterocycles. The van der Waals surface area contributed by atoms with Crippen molar-refractivity contribution in [1.82, 2.24) is 19.7 Å². The summed E-state index contributed by atoms with van der Waals surface area (Å²) in [7, 11) is 0. The van der Waals surface area contributed by atoms with Crippen LogP contribution >= 0.6 is 34.7 Å². The molecule has 1 amide bonds. The van der Waals surface area contributed by atoms with Gasteiger partial charge in [0.15, 0.2) is 10.3 Å². The molecule has 0 saturated carbocycles. The van der Waals surface area contributed by atoms with Crippen LogP contribution < -0.4 is 5.32 Å². The lowest BCUT2D eigenvalue weighted by Gasteiger charge is -2.10. The third kappa shape index (κ3) is 5.08. The van der Waals surface area contributed by atoms with Crippen LogP contribution in [0.15, 0.2) is 65.1 Å². The van der Waals surface area contributed by atoms with E-state index in [9.17, 15) is 4.79 Å². The first-order valence-corrected chi connectivity index (χ1v) is 11.4. The minimum Gasteiger partial charge on any atom is -0.301 e. The van der Waals surface area contributed by atoms with Gasteiger partial charge in [0, 0.05) is 22.5 Å². The van der Waals surface area contributed by atoms with Gasteiger partial charge in [-0.15, -0.1) is 21.5 Å². The van der Waals surface area contributed by atoms with Crippen LogP contribution in [0.2, 0.25) is 5.02 Å². The van der Waals surface area contributed by atoms with Crippen molar-refractivity contribution in [1.29, 1.82) is 0 Å². The fraction of sp³-hybridized carbons (Fsp3) is 0.143. The fourth-order valence-corrected chi connectivity index (χ4v) is 4.43. The molecule has 0 aliphatic rings. The van der Waals surface area contributed by atoms with Crippen LogP contribution in [-0.2, 0) is 11.2 Å². The van der Waals surface area contributed by atoms with Crippen molar-refractivity contribution in [2.24, 2.45) is 0 Å². The number of aryl methyl sites for hydroxylation is 1. The maximum atomic E-state index is 12.3. The SMILES string of the molecule is Cc1csc(NC(=O)CSc2nnc(Cc3ccccc3)n2-c2ccc(Cl)cc2)n1. The number of carbonyl (C=O) groups is 1. The summed E-state index contributed by atoms with van der Waals surface area (Å²) in [6.45, 7) is 1.89. The van der Waals surface area contributed by atoms with Gasteiger partial charge in [-0.1, -0.05) is 53.7 Å². The molecule has 6 nitrogen and oxygen atoms in total. The normalized spacial score (nSPS) is 10.9. The summed E-state index contributed by atoms with van der Waals surface area (Å²) in [6, 6.07) is 17.6. The Morgan fingerprint density at radius 1 is 1.13 bits per heavy atom. The summed E-state index contributed by atoms with van der Waals surface area (Å²) in [4.78, 5) is 16.6. The molecule has 0 bridgehead atoms. The highest BCUT2D eigenvalue weighted by Crippen LogP contribution is 2.25. The molecule has 0 fully saturated rings. The van der Waals surface area contributed by atoms with E-state index in [1.807, 2.05) is 59.3 Å². The second-order valence-electron chi connectivity index (χ2n) is 6.50. The highest BCUT2D eigenvalue weighted by molar-refractivity contribution is 7.99. The van der Waals surface area contributed by atoms with Crippen molar-refractivity contribution in [3.8, 4) is 5.69 Å². The number of anilines is 1. The number of halogens is 1. The molecule has 2 heterocycles. The van der Waals surface area contributed by atoms with Gasteiger partial charge in [0.2, 0.25) is 5.91 Å². The first-order valence-electron chi connectivity index (χ1n) is 9.17. The molecule has 4 rings (SSSR count). The zero-order valence-corrected chi connectivity index (χ0v) is 18.5. The highest BCUT2D eigenvalue weighted by Gasteiger charge is 2.17. The zero-order valence-electron chi connectivity index (χ0n) is 16.1. The van der Waals surface area contributed by atoms with Crippen LogP contribution in [0.1, 0.15) is 17.1 Å². The number of carbonyl (C=O) groups excluding carboxylic acids is 1. The topological polar surface area (TPSA) is 72.7 Å². The molecule has 0 saturated heterocycles.